The van der Waals surface area contributed by atoms with Crippen LogP contribution < -0.4 is 9.73 Å². The molecule has 3 rings (SSSR count). The fourth-order valence-electron chi connectivity index (χ4n) is 2.83. The summed E-state index contributed by atoms with van der Waals surface area (Å²) in [6, 6.07) is 19.2. The van der Waals surface area contributed by atoms with Crippen LogP contribution >= 0.6 is 0 Å². The summed E-state index contributed by atoms with van der Waals surface area (Å²) in [5.41, 5.74) is 2.72. The van der Waals surface area contributed by atoms with Gasteiger partial charge in [0.15, 0.2) is 0 Å². The Kier molecular flexibility index (Phi) is 6.66. The molecule has 0 aromatic heterocycles. The average Bonchev–Trinajstić information content (AvgIpc) is 2.77. The molecule has 0 fully saturated rings. The van der Waals surface area contributed by atoms with Crippen molar-refractivity contribution in [2.75, 3.05) is 10.8 Å². The van der Waals surface area contributed by atoms with Crippen LogP contribution in [-0.2, 0) is 14.8 Å². The molecule has 0 saturated heterocycles. The van der Waals surface area contributed by atoms with E-state index < -0.39 is 28.3 Å². The van der Waals surface area contributed by atoms with Crippen molar-refractivity contribution in [3.8, 4) is 5.75 Å². The molecule has 0 bridgehead atoms. The fourth-order valence-corrected chi connectivity index (χ4v) is 4.27. The number of rotatable bonds is 7. The molecule has 0 radical (unpaired) electrons. The predicted octanol–water partition coefficient (Wildman–Crippen LogP) is 3.27. The summed E-state index contributed by atoms with van der Waals surface area (Å²) in [6.07, 6.45) is 0. The number of nitrogens with zero attached hydrogens (tertiary/aromatic N) is 2. The van der Waals surface area contributed by atoms with E-state index in [1.807, 2.05) is 0 Å². The first kappa shape index (κ1) is 22.0. The van der Waals surface area contributed by atoms with Gasteiger partial charge < -0.3 is 5.11 Å². The number of hydrogen-bond acceptors (Lipinski definition) is 5. The number of nitrogens with one attached hydrogen (secondary N) is 1. The number of halogens is 1. The Labute approximate surface area is 179 Å². The molecular weight excluding hydrogens is 421 g/mol. The standard InChI is InChI=1S/C22H20FN3O4S/c1-16(18-11-5-8-14-21(18)27)24-25-22(28)15-26(20-13-7-6-12-19(20)23)31(29,30)17-9-3-2-4-10-17/h2-14,27H,15H2,1H3,(H,25,28)/b24-16-. The third kappa shape index (κ3) is 5.07. The van der Waals surface area contributed by atoms with E-state index in [-0.39, 0.29) is 16.3 Å². The number of sulfonamides is 1. The lowest BCUT2D eigenvalue weighted by molar-refractivity contribution is -0.119. The van der Waals surface area contributed by atoms with Gasteiger partial charge in [0.1, 0.15) is 18.1 Å². The highest BCUT2D eigenvalue weighted by atomic mass is 32.2. The lowest BCUT2D eigenvalue weighted by Crippen LogP contribution is -2.40. The van der Waals surface area contributed by atoms with Gasteiger partial charge in [-0.05, 0) is 43.3 Å². The van der Waals surface area contributed by atoms with E-state index in [0.717, 1.165) is 6.07 Å². The SMILES string of the molecule is C/C(=N/NC(=O)CN(c1ccccc1F)S(=O)(=O)c1ccccc1)c1ccccc1O. The Morgan fingerprint density at radius 1 is 1.00 bits per heavy atom. The van der Waals surface area contributed by atoms with Crippen LogP contribution in [0.4, 0.5) is 10.1 Å². The summed E-state index contributed by atoms with van der Waals surface area (Å²) in [5, 5.41) is 13.8. The first-order chi connectivity index (χ1) is 14.8. The van der Waals surface area contributed by atoms with Crippen LogP contribution in [0, 0.1) is 5.82 Å². The maximum absolute atomic E-state index is 14.4. The van der Waals surface area contributed by atoms with Crippen LogP contribution in [0.15, 0.2) is 88.9 Å². The Morgan fingerprint density at radius 3 is 2.29 bits per heavy atom. The van der Waals surface area contributed by atoms with Gasteiger partial charge in [-0.15, -0.1) is 0 Å². The molecule has 3 aromatic rings. The monoisotopic (exact) mass is 441 g/mol. The third-order valence-corrected chi connectivity index (χ3v) is 6.16. The molecule has 7 nitrogen and oxygen atoms in total. The normalized spacial score (nSPS) is 11.7. The molecule has 0 atom stereocenters. The second-order valence-electron chi connectivity index (χ2n) is 6.53. The fraction of sp³-hybridized carbons (Fsp3) is 0.0909. The van der Waals surface area contributed by atoms with E-state index in [2.05, 4.69) is 10.5 Å². The maximum Gasteiger partial charge on any atom is 0.264 e. The van der Waals surface area contributed by atoms with Gasteiger partial charge in [-0.3, -0.25) is 9.10 Å². The van der Waals surface area contributed by atoms with Crippen LogP contribution in [0.2, 0.25) is 0 Å². The van der Waals surface area contributed by atoms with Crippen LogP contribution in [0.25, 0.3) is 0 Å². The topological polar surface area (TPSA) is 99.1 Å². The molecule has 2 N–H and O–H groups in total. The van der Waals surface area contributed by atoms with Gasteiger partial charge in [-0.1, -0.05) is 42.5 Å². The van der Waals surface area contributed by atoms with E-state index in [1.165, 1.54) is 48.5 Å². The van der Waals surface area contributed by atoms with E-state index in [4.69, 9.17) is 0 Å². The summed E-state index contributed by atoms with van der Waals surface area (Å²) in [7, 11) is -4.23. The van der Waals surface area contributed by atoms with E-state index in [9.17, 15) is 22.7 Å². The number of aromatic hydroxyl groups is 1. The number of phenols is 1. The van der Waals surface area contributed by atoms with Gasteiger partial charge in [0.05, 0.1) is 16.3 Å². The predicted molar refractivity (Wildman–Crippen MR) is 116 cm³/mol. The van der Waals surface area contributed by atoms with Crippen molar-refractivity contribution < 1.29 is 22.7 Å². The first-order valence-corrected chi connectivity index (χ1v) is 10.7. The van der Waals surface area contributed by atoms with Crippen molar-refractivity contribution in [2.24, 2.45) is 5.10 Å². The van der Waals surface area contributed by atoms with E-state index in [1.54, 1.807) is 31.2 Å². The van der Waals surface area contributed by atoms with Crippen molar-refractivity contribution >= 4 is 27.3 Å². The lowest BCUT2D eigenvalue weighted by Gasteiger charge is -2.24. The minimum absolute atomic E-state index is 0.0161. The Hall–Kier alpha value is -3.72. The second kappa shape index (κ2) is 9.40. The lowest BCUT2D eigenvalue weighted by atomic mass is 10.1. The van der Waals surface area contributed by atoms with E-state index in [0.29, 0.717) is 15.6 Å². The van der Waals surface area contributed by atoms with Crippen molar-refractivity contribution in [3.05, 3.63) is 90.2 Å². The van der Waals surface area contributed by atoms with Crippen LogP contribution in [0.3, 0.4) is 0 Å². The molecule has 1 amide bonds. The Bertz CT molecular complexity index is 1210. The molecule has 160 valence electrons. The number of phenolic OH excluding ortho intramolecular Hbond substituents is 1. The molecule has 0 spiro atoms. The summed E-state index contributed by atoms with van der Waals surface area (Å²) >= 11 is 0. The highest BCUT2D eigenvalue weighted by molar-refractivity contribution is 7.92. The van der Waals surface area contributed by atoms with Crippen molar-refractivity contribution in [1.29, 1.82) is 0 Å². The van der Waals surface area contributed by atoms with Crippen LogP contribution in [0.1, 0.15) is 12.5 Å². The highest BCUT2D eigenvalue weighted by Gasteiger charge is 2.29. The van der Waals surface area contributed by atoms with Crippen molar-refractivity contribution in [3.63, 3.8) is 0 Å². The number of hydrogen-bond donors (Lipinski definition) is 2. The number of amides is 1. The summed E-state index contributed by atoms with van der Waals surface area (Å²) in [6.45, 7) is 0.875. The van der Waals surface area contributed by atoms with Crippen LogP contribution in [0.5, 0.6) is 5.75 Å². The average molecular weight is 441 g/mol. The minimum atomic E-state index is -4.23. The molecule has 0 unspecified atom stereocenters. The minimum Gasteiger partial charge on any atom is -0.507 e. The van der Waals surface area contributed by atoms with Gasteiger partial charge in [-0.25, -0.2) is 18.2 Å². The summed E-state index contributed by atoms with van der Waals surface area (Å²) in [5.74, 6) is -1.58. The van der Waals surface area contributed by atoms with Gasteiger partial charge in [-0.2, -0.15) is 5.10 Å². The Morgan fingerprint density at radius 2 is 1.61 bits per heavy atom. The Balaban J connectivity index is 1.89. The number of carbonyl (C=O) groups excluding carboxylic acids is 1. The smallest absolute Gasteiger partial charge is 0.264 e. The van der Waals surface area contributed by atoms with Crippen LogP contribution in [-0.4, -0.2) is 31.7 Å². The van der Waals surface area contributed by atoms with Gasteiger partial charge in [0.2, 0.25) is 0 Å². The van der Waals surface area contributed by atoms with Gasteiger partial charge >= 0.3 is 0 Å². The first-order valence-electron chi connectivity index (χ1n) is 9.24. The molecule has 0 heterocycles. The molecular formula is C22H20FN3O4S. The molecule has 31 heavy (non-hydrogen) atoms. The third-order valence-electron chi connectivity index (χ3n) is 4.38. The molecule has 0 saturated carbocycles. The van der Waals surface area contributed by atoms with E-state index >= 15 is 0 Å². The summed E-state index contributed by atoms with van der Waals surface area (Å²) < 4.78 is 41.4. The molecule has 0 aliphatic heterocycles. The summed E-state index contributed by atoms with van der Waals surface area (Å²) in [4.78, 5) is 12.4. The van der Waals surface area contributed by atoms with Gasteiger partial charge in [0.25, 0.3) is 15.9 Å². The number of benzene rings is 3. The number of anilines is 1. The zero-order valence-corrected chi connectivity index (χ0v) is 17.4. The maximum atomic E-state index is 14.4. The number of hydrazone groups is 1. The zero-order valence-electron chi connectivity index (χ0n) is 16.6. The zero-order chi connectivity index (χ0) is 22.4. The highest BCUT2D eigenvalue weighted by Crippen LogP contribution is 2.26. The molecule has 0 aliphatic carbocycles. The number of carbonyl (C=O) groups is 1. The quantitative estimate of drug-likeness (QED) is 0.434. The van der Waals surface area contributed by atoms with Gasteiger partial charge in [0, 0.05) is 5.56 Å². The second-order valence-corrected chi connectivity index (χ2v) is 8.39. The number of para-hydroxylation sites is 2. The van der Waals surface area contributed by atoms with Crippen molar-refractivity contribution in [2.45, 2.75) is 11.8 Å². The van der Waals surface area contributed by atoms with Crippen molar-refractivity contribution in [1.82, 2.24) is 5.43 Å². The molecule has 9 heteroatoms. The largest absolute Gasteiger partial charge is 0.507 e. The molecule has 0 aliphatic rings. The molecule has 3 aromatic carbocycles.